The topological polar surface area (TPSA) is 64.4 Å². The van der Waals surface area contributed by atoms with E-state index >= 15 is 0 Å². The predicted octanol–water partition coefficient (Wildman–Crippen LogP) is 1.98. The first-order valence-corrected chi connectivity index (χ1v) is 7.39. The number of anilines is 1. The lowest BCUT2D eigenvalue weighted by molar-refractivity contribution is -0.125. The Labute approximate surface area is 119 Å². The molecule has 108 valence electrons. The van der Waals surface area contributed by atoms with Crippen molar-refractivity contribution in [2.75, 3.05) is 12.3 Å². The van der Waals surface area contributed by atoms with E-state index in [-0.39, 0.29) is 23.5 Å². The third-order valence-electron chi connectivity index (χ3n) is 4.47. The van der Waals surface area contributed by atoms with E-state index in [9.17, 15) is 4.79 Å². The molecule has 3 rings (SSSR count). The predicted molar refractivity (Wildman–Crippen MR) is 78.3 cm³/mol. The highest BCUT2D eigenvalue weighted by Crippen LogP contribution is 2.48. The van der Waals surface area contributed by atoms with Crippen molar-refractivity contribution in [3.63, 3.8) is 0 Å². The van der Waals surface area contributed by atoms with E-state index in [0.717, 1.165) is 43.5 Å². The van der Waals surface area contributed by atoms with Crippen molar-refractivity contribution in [3.8, 4) is 0 Å². The van der Waals surface area contributed by atoms with Crippen LogP contribution in [0.4, 0.5) is 5.69 Å². The van der Waals surface area contributed by atoms with Gasteiger partial charge in [-0.25, -0.2) is 0 Å². The van der Waals surface area contributed by atoms with Gasteiger partial charge in [-0.1, -0.05) is 12.1 Å². The number of hydrogen-bond donors (Lipinski definition) is 2. The van der Waals surface area contributed by atoms with E-state index in [0.29, 0.717) is 0 Å². The van der Waals surface area contributed by atoms with Crippen LogP contribution in [0.25, 0.3) is 0 Å². The summed E-state index contributed by atoms with van der Waals surface area (Å²) in [5.41, 5.74) is 7.23. The number of carbonyl (C=O) groups excluding carboxylic acids is 1. The van der Waals surface area contributed by atoms with E-state index in [1.807, 2.05) is 24.3 Å². The molecule has 2 atom stereocenters. The average Bonchev–Trinajstić information content (AvgIpc) is 3.21. The lowest BCUT2D eigenvalue weighted by Crippen LogP contribution is -2.45. The number of benzene rings is 1. The van der Waals surface area contributed by atoms with Gasteiger partial charge in [-0.3, -0.25) is 4.79 Å². The third kappa shape index (κ3) is 2.52. The Morgan fingerprint density at radius 2 is 2.05 bits per heavy atom. The summed E-state index contributed by atoms with van der Waals surface area (Å²) in [6.45, 7) is 2.80. The number of nitrogen functional groups attached to an aromatic ring is 1. The summed E-state index contributed by atoms with van der Waals surface area (Å²) in [5.74, 6) is 0.168. The second-order valence-corrected chi connectivity index (χ2v) is 6.08. The first-order chi connectivity index (χ1) is 9.60. The molecular weight excluding hydrogens is 252 g/mol. The highest BCUT2D eigenvalue weighted by atomic mass is 16.5. The molecule has 1 heterocycles. The van der Waals surface area contributed by atoms with Gasteiger partial charge in [0.05, 0.1) is 11.5 Å². The quantitative estimate of drug-likeness (QED) is 0.828. The van der Waals surface area contributed by atoms with Crippen LogP contribution in [0.2, 0.25) is 0 Å². The van der Waals surface area contributed by atoms with Gasteiger partial charge in [-0.15, -0.1) is 0 Å². The minimum Gasteiger partial charge on any atom is -0.399 e. The fourth-order valence-corrected chi connectivity index (χ4v) is 3.03. The largest absolute Gasteiger partial charge is 0.399 e. The maximum atomic E-state index is 12.6. The van der Waals surface area contributed by atoms with Gasteiger partial charge in [0.1, 0.15) is 0 Å². The second-order valence-electron chi connectivity index (χ2n) is 6.08. The minimum absolute atomic E-state index is 0.168. The molecule has 1 saturated heterocycles. The summed E-state index contributed by atoms with van der Waals surface area (Å²) in [4.78, 5) is 12.6. The SMILES string of the molecule is CC1CC(NC(=O)C2(c3ccc(N)cc3)CC2)CCO1. The minimum atomic E-state index is -0.310. The van der Waals surface area contributed by atoms with Crippen LogP contribution in [0.5, 0.6) is 0 Å². The van der Waals surface area contributed by atoms with Crippen LogP contribution < -0.4 is 11.1 Å². The number of rotatable bonds is 3. The van der Waals surface area contributed by atoms with Crippen molar-refractivity contribution >= 4 is 11.6 Å². The summed E-state index contributed by atoms with van der Waals surface area (Å²) in [6, 6.07) is 7.96. The maximum Gasteiger partial charge on any atom is 0.230 e. The molecule has 1 aromatic rings. The van der Waals surface area contributed by atoms with Crippen LogP contribution in [0, 0.1) is 0 Å². The van der Waals surface area contributed by atoms with Crippen LogP contribution in [0.3, 0.4) is 0 Å². The van der Waals surface area contributed by atoms with Crippen LogP contribution in [-0.2, 0) is 14.9 Å². The normalized spacial score (nSPS) is 27.9. The van der Waals surface area contributed by atoms with E-state index in [4.69, 9.17) is 10.5 Å². The Kier molecular flexibility index (Phi) is 3.42. The van der Waals surface area contributed by atoms with E-state index in [2.05, 4.69) is 12.2 Å². The van der Waals surface area contributed by atoms with Crippen molar-refractivity contribution in [2.45, 2.75) is 50.2 Å². The van der Waals surface area contributed by atoms with E-state index in [1.165, 1.54) is 0 Å². The summed E-state index contributed by atoms with van der Waals surface area (Å²) < 4.78 is 5.52. The Morgan fingerprint density at radius 1 is 1.35 bits per heavy atom. The van der Waals surface area contributed by atoms with Gasteiger partial charge in [0.25, 0.3) is 0 Å². The van der Waals surface area contributed by atoms with Gasteiger partial charge in [0.15, 0.2) is 0 Å². The molecule has 0 spiro atoms. The zero-order valence-electron chi connectivity index (χ0n) is 11.9. The lowest BCUT2D eigenvalue weighted by atomic mass is 9.93. The molecular formula is C16H22N2O2. The monoisotopic (exact) mass is 274 g/mol. The average molecular weight is 274 g/mol. The van der Waals surface area contributed by atoms with Gasteiger partial charge in [0.2, 0.25) is 5.91 Å². The van der Waals surface area contributed by atoms with Gasteiger partial charge in [0, 0.05) is 18.3 Å². The highest BCUT2D eigenvalue weighted by molar-refractivity contribution is 5.91. The Hall–Kier alpha value is -1.55. The molecule has 1 aliphatic heterocycles. The summed E-state index contributed by atoms with van der Waals surface area (Å²) in [5, 5.41) is 3.21. The zero-order chi connectivity index (χ0) is 14.2. The fraction of sp³-hybridized carbons (Fsp3) is 0.562. The van der Waals surface area contributed by atoms with Gasteiger partial charge >= 0.3 is 0 Å². The molecule has 1 aliphatic carbocycles. The first kappa shape index (κ1) is 13.4. The standard InChI is InChI=1S/C16H22N2O2/c1-11-10-14(6-9-20-11)18-15(19)16(7-8-16)12-2-4-13(17)5-3-12/h2-5,11,14H,6-10,17H2,1H3,(H,18,19). The number of ether oxygens (including phenoxy) is 1. The fourth-order valence-electron chi connectivity index (χ4n) is 3.03. The zero-order valence-corrected chi connectivity index (χ0v) is 11.9. The molecule has 2 fully saturated rings. The Bertz CT molecular complexity index is 494. The molecule has 4 heteroatoms. The molecule has 20 heavy (non-hydrogen) atoms. The maximum absolute atomic E-state index is 12.6. The second kappa shape index (κ2) is 5.09. The van der Waals surface area contributed by atoms with Crippen molar-refractivity contribution in [1.82, 2.24) is 5.32 Å². The van der Waals surface area contributed by atoms with Gasteiger partial charge < -0.3 is 15.8 Å². The third-order valence-corrected chi connectivity index (χ3v) is 4.47. The van der Waals surface area contributed by atoms with Gasteiger partial charge in [-0.05, 0) is 50.3 Å². The number of carbonyl (C=O) groups is 1. The van der Waals surface area contributed by atoms with E-state index in [1.54, 1.807) is 0 Å². The summed E-state index contributed by atoms with van der Waals surface area (Å²) >= 11 is 0. The van der Waals surface area contributed by atoms with Crippen LogP contribution in [-0.4, -0.2) is 24.7 Å². The number of nitrogens with one attached hydrogen (secondary N) is 1. The van der Waals surface area contributed by atoms with Crippen molar-refractivity contribution in [3.05, 3.63) is 29.8 Å². The molecule has 2 aliphatic rings. The smallest absolute Gasteiger partial charge is 0.230 e. The Balaban J connectivity index is 1.68. The van der Waals surface area contributed by atoms with Crippen LogP contribution in [0.15, 0.2) is 24.3 Å². The summed E-state index contributed by atoms with van der Waals surface area (Å²) in [7, 11) is 0. The number of amides is 1. The first-order valence-electron chi connectivity index (χ1n) is 7.39. The molecule has 3 N–H and O–H groups in total. The van der Waals surface area contributed by atoms with Crippen molar-refractivity contribution < 1.29 is 9.53 Å². The Morgan fingerprint density at radius 3 is 2.65 bits per heavy atom. The summed E-state index contributed by atoms with van der Waals surface area (Å²) in [6.07, 6.45) is 3.92. The van der Waals surface area contributed by atoms with Crippen molar-refractivity contribution in [2.24, 2.45) is 0 Å². The molecule has 0 aromatic heterocycles. The van der Waals surface area contributed by atoms with Crippen LogP contribution in [0.1, 0.15) is 38.2 Å². The molecule has 1 aromatic carbocycles. The van der Waals surface area contributed by atoms with E-state index < -0.39 is 0 Å². The van der Waals surface area contributed by atoms with Gasteiger partial charge in [-0.2, -0.15) is 0 Å². The molecule has 2 unspecified atom stereocenters. The van der Waals surface area contributed by atoms with Crippen LogP contribution >= 0.6 is 0 Å². The molecule has 1 saturated carbocycles. The lowest BCUT2D eigenvalue weighted by Gasteiger charge is -2.29. The highest BCUT2D eigenvalue weighted by Gasteiger charge is 2.51. The number of nitrogens with two attached hydrogens (primary N) is 1. The molecule has 1 amide bonds. The van der Waals surface area contributed by atoms with Crippen molar-refractivity contribution in [1.29, 1.82) is 0 Å². The molecule has 4 nitrogen and oxygen atoms in total. The molecule has 0 bridgehead atoms. The number of hydrogen-bond acceptors (Lipinski definition) is 3. The molecule has 0 radical (unpaired) electrons.